The van der Waals surface area contributed by atoms with E-state index in [0.29, 0.717) is 13.2 Å². The lowest BCUT2D eigenvalue weighted by Gasteiger charge is -2.13. The lowest BCUT2D eigenvalue weighted by atomic mass is 9.93. The summed E-state index contributed by atoms with van der Waals surface area (Å²) in [6, 6.07) is 0. The molecule has 5 nitrogen and oxygen atoms in total. The van der Waals surface area contributed by atoms with Gasteiger partial charge in [-0.1, -0.05) is 247 Å². The second-order valence-corrected chi connectivity index (χ2v) is 19.3. The lowest BCUT2D eigenvalue weighted by Crippen LogP contribution is -2.19. The van der Waals surface area contributed by atoms with Gasteiger partial charge in [0, 0.05) is 0 Å². The van der Waals surface area contributed by atoms with Crippen LogP contribution in [-0.2, 0) is 23.8 Å². The van der Waals surface area contributed by atoms with Crippen LogP contribution in [0.5, 0.6) is 0 Å². The molecule has 0 radical (unpaired) electrons. The van der Waals surface area contributed by atoms with Crippen molar-refractivity contribution in [2.75, 3.05) is 26.4 Å². The number of rotatable bonds is 46. The summed E-state index contributed by atoms with van der Waals surface area (Å²) < 4.78 is 15.7. The minimum Gasteiger partial charge on any atom is -0.464 e. The highest BCUT2D eigenvalue weighted by molar-refractivity contribution is 5.73. The fourth-order valence-corrected chi connectivity index (χ4v) is 8.66. The average Bonchev–Trinajstić information content (AvgIpc) is 3.16. The number of carbonyl (C=O) groups excluding carboxylic acids is 2. The number of hydrogen-bond donors (Lipinski definition) is 0. The Morgan fingerprint density at radius 1 is 0.316 bits per heavy atom. The van der Waals surface area contributed by atoms with E-state index in [1.165, 1.54) is 205 Å². The van der Waals surface area contributed by atoms with Gasteiger partial charge in [0.25, 0.3) is 0 Å². The molecule has 0 aliphatic rings. The number of hydrogen-bond acceptors (Lipinski definition) is 5. The van der Waals surface area contributed by atoms with Crippen molar-refractivity contribution >= 4 is 11.9 Å². The summed E-state index contributed by atoms with van der Waals surface area (Å²) in [5.41, 5.74) is 0. The Balaban J connectivity index is 3.28. The SMILES string of the molecule is CC(C)CC(C)CCCCCCCCCCCCCCCCCCOC(=O)COCC(=O)OCCCCCCCCCCCCCCCCCCC(C)CC(C)C. The molecular weight excluding hydrogens is 705 g/mol. The summed E-state index contributed by atoms with van der Waals surface area (Å²) in [6.45, 7) is 14.7. The van der Waals surface area contributed by atoms with E-state index in [0.717, 1.165) is 49.4 Å². The van der Waals surface area contributed by atoms with Crippen molar-refractivity contribution in [3.63, 3.8) is 0 Å². The fourth-order valence-electron chi connectivity index (χ4n) is 8.66. The Kier molecular flexibility index (Phi) is 43.6. The zero-order valence-electron chi connectivity index (χ0n) is 39.6. The van der Waals surface area contributed by atoms with Crippen LogP contribution in [0.3, 0.4) is 0 Å². The zero-order valence-corrected chi connectivity index (χ0v) is 39.6. The van der Waals surface area contributed by atoms with Crippen LogP contribution in [0.25, 0.3) is 0 Å². The minimum atomic E-state index is -0.399. The Morgan fingerprint density at radius 3 is 0.754 bits per heavy atom. The van der Waals surface area contributed by atoms with Gasteiger partial charge in [-0.25, -0.2) is 9.59 Å². The van der Waals surface area contributed by atoms with Crippen LogP contribution < -0.4 is 0 Å². The summed E-state index contributed by atoms with van der Waals surface area (Å²) in [4.78, 5) is 23.8. The third kappa shape index (κ3) is 47.5. The van der Waals surface area contributed by atoms with Crippen LogP contribution in [0, 0.1) is 23.7 Å². The van der Waals surface area contributed by atoms with E-state index in [2.05, 4.69) is 41.5 Å². The Bertz CT molecular complexity index is 759. The normalized spacial score (nSPS) is 12.8. The van der Waals surface area contributed by atoms with Crippen LogP contribution >= 0.6 is 0 Å². The summed E-state index contributed by atoms with van der Waals surface area (Å²) >= 11 is 0. The molecule has 0 amide bonds. The third-order valence-electron chi connectivity index (χ3n) is 11.9. The highest BCUT2D eigenvalue weighted by Gasteiger charge is 2.08. The maximum atomic E-state index is 11.9. The van der Waals surface area contributed by atoms with Crippen LogP contribution in [0.4, 0.5) is 0 Å². The maximum Gasteiger partial charge on any atom is 0.332 e. The van der Waals surface area contributed by atoms with Gasteiger partial charge < -0.3 is 14.2 Å². The predicted octanol–water partition coefficient (Wildman–Crippen LogP) is 16.7. The summed E-state index contributed by atoms with van der Waals surface area (Å²) in [5, 5.41) is 0. The van der Waals surface area contributed by atoms with Gasteiger partial charge in [0.05, 0.1) is 13.2 Å². The molecule has 0 fully saturated rings. The van der Waals surface area contributed by atoms with E-state index in [4.69, 9.17) is 14.2 Å². The Morgan fingerprint density at radius 2 is 0.526 bits per heavy atom. The molecule has 0 aliphatic carbocycles. The van der Waals surface area contributed by atoms with E-state index < -0.39 is 11.9 Å². The van der Waals surface area contributed by atoms with E-state index in [-0.39, 0.29) is 13.2 Å². The van der Waals surface area contributed by atoms with Crippen molar-refractivity contribution in [3.8, 4) is 0 Å². The molecular formula is C52H102O5. The molecule has 2 unspecified atom stereocenters. The van der Waals surface area contributed by atoms with Crippen LogP contribution in [0.2, 0.25) is 0 Å². The van der Waals surface area contributed by atoms with Gasteiger partial charge in [0.15, 0.2) is 0 Å². The predicted molar refractivity (Wildman–Crippen MR) is 247 cm³/mol. The number of carbonyl (C=O) groups is 2. The third-order valence-corrected chi connectivity index (χ3v) is 11.9. The van der Waals surface area contributed by atoms with Gasteiger partial charge in [0.1, 0.15) is 13.2 Å². The molecule has 57 heavy (non-hydrogen) atoms. The highest BCUT2D eigenvalue weighted by Crippen LogP contribution is 2.21. The molecule has 0 aliphatic heterocycles. The molecule has 0 N–H and O–H groups in total. The van der Waals surface area contributed by atoms with Crippen LogP contribution in [0.15, 0.2) is 0 Å². The van der Waals surface area contributed by atoms with Crippen molar-refractivity contribution < 1.29 is 23.8 Å². The van der Waals surface area contributed by atoms with Gasteiger partial charge >= 0.3 is 11.9 Å². The molecule has 0 rings (SSSR count). The maximum absolute atomic E-state index is 11.9. The number of unbranched alkanes of at least 4 members (excludes halogenated alkanes) is 30. The standard InChI is InChI=1S/C52H102O5/c1-47(2)43-49(5)39-35-31-27-23-19-15-11-7-9-13-17-21-25-29-33-37-41-56-51(53)45-55-46-52(54)57-42-38-34-30-26-22-18-14-10-8-12-16-20-24-28-32-36-40-50(6)44-48(3)4/h47-50H,7-46H2,1-6H3. The quantitative estimate of drug-likeness (QED) is 0.0453. The topological polar surface area (TPSA) is 61.8 Å². The van der Waals surface area contributed by atoms with Gasteiger partial charge in [0.2, 0.25) is 0 Å². The summed E-state index contributed by atoms with van der Waals surface area (Å²) in [6.07, 6.45) is 48.2. The van der Waals surface area contributed by atoms with Crippen molar-refractivity contribution in [1.29, 1.82) is 0 Å². The molecule has 0 aromatic heterocycles. The van der Waals surface area contributed by atoms with Crippen LogP contribution in [0.1, 0.15) is 273 Å². The first-order valence-corrected chi connectivity index (χ1v) is 25.6. The van der Waals surface area contributed by atoms with Gasteiger partial charge in [-0.3, -0.25) is 0 Å². The fraction of sp³-hybridized carbons (Fsp3) is 0.962. The first kappa shape index (κ1) is 55.9. The molecule has 0 heterocycles. The highest BCUT2D eigenvalue weighted by atomic mass is 16.6. The van der Waals surface area contributed by atoms with Crippen LogP contribution in [-0.4, -0.2) is 38.4 Å². The van der Waals surface area contributed by atoms with E-state index >= 15 is 0 Å². The van der Waals surface area contributed by atoms with Gasteiger partial charge in [-0.15, -0.1) is 0 Å². The second-order valence-electron chi connectivity index (χ2n) is 19.3. The zero-order chi connectivity index (χ0) is 41.9. The molecule has 0 aromatic rings. The summed E-state index contributed by atoms with van der Waals surface area (Å²) in [5.74, 6) is 2.70. The number of ether oxygens (including phenoxy) is 3. The van der Waals surface area contributed by atoms with Gasteiger partial charge in [-0.2, -0.15) is 0 Å². The lowest BCUT2D eigenvalue weighted by molar-refractivity contribution is -0.155. The second kappa shape index (κ2) is 44.5. The Labute approximate surface area is 357 Å². The molecule has 0 saturated carbocycles. The van der Waals surface area contributed by atoms with Gasteiger partial charge in [-0.05, 0) is 49.4 Å². The Hall–Kier alpha value is -1.10. The molecule has 340 valence electrons. The monoisotopic (exact) mass is 807 g/mol. The minimum absolute atomic E-state index is 0.189. The number of esters is 2. The molecule has 0 bridgehead atoms. The molecule has 2 atom stereocenters. The smallest absolute Gasteiger partial charge is 0.332 e. The largest absolute Gasteiger partial charge is 0.464 e. The summed E-state index contributed by atoms with van der Waals surface area (Å²) in [7, 11) is 0. The van der Waals surface area contributed by atoms with Crippen molar-refractivity contribution in [3.05, 3.63) is 0 Å². The molecule has 0 saturated heterocycles. The van der Waals surface area contributed by atoms with Crippen molar-refractivity contribution in [2.24, 2.45) is 23.7 Å². The average molecular weight is 807 g/mol. The van der Waals surface area contributed by atoms with E-state index in [1.807, 2.05) is 0 Å². The first-order chi connectivity index (χ1) is 27.7. The molecule has 0 aromatic carbocycles. The van der Waals surface area contributed by atoms with E-state index in [1.54, 1.807) is 0 Å². The molecule has 5 heteroatoms. The van der Waals surface area contributed by atoms with Crippen molar-refractivity contribution in [1.82, 2.24) is 0 Å². The first-order valence-electron chi connectivity index (χ1n) is 25.6. The van der Waals surface area contributed by atoms with E-state index in [9.17, 15) is 9.59 Å². The van der Waals surface area contributed by atoms with Crippen molar-refractivity contribution in [2.45, 2.75) is 273 Å². The molecule has 0 spiro atoms.